The lowest BCUT2D eigenvalue weighted by molar-refractivity contribution is -0.144. The third kappa shape index (κ3) is 5.30. The van der Waals surface area contributed by atoms with Gasteiger partial charge in [-0.2, -0.15) is 52.7 Å². The Morgan fingerprint density at radius 2 is 0.909 bits per heavy atom. The van der Waals surface area contributed by atoms with Gasteiger partial charge in [-0.15, -0.1) is 0 Å². The maximum atomic E-state index is 13.0. The van der Waals surface area contributed by atoms with Gasteiger partial charge in [0, 0.05) is 11.1 Å². The molecule has 1 unspecified atom stereocenters. The van der Waals surface area contributed by atoms with Crippen LogP contribution in [-0.4, -0.2) is 5.11 Å². The van der Waals surface area contributed by atoms with Gasteiger partial charge >= 0.3 is 24.7 Å². The number of halogens is 12. The van der Waals surface area contributed by atoms with E-state index in [-0.39, 0.29) is 36.4 Å². The van der Waals surface area contributed by atoms with Crippen molar-refractivity contribution in [2.75, 3.05) is 0 Å². The van der Waals surface area contributed by atoms with Crippen LogP contribution < -0.4 is 0 Å². The molecule has 3 rings (SSSR count). The lowest BCUT2D eigenvalue weighted by Crippen LogP contribution is -2.12. The summed E-state index contributed by atoms with van der Waals surface area (Å²) in [5, 5.41) is 10.1. The van der Waals surface area contributed by atoms with E-state index >= 15 is 0 Å². The molecule has 0 bridgehead atoms. The van der Waals surface area contributed by atoms with Crippen LogP contribution in [0.2, 0.25) is 0 Å². The first-order chi connectivity index (χ1) is 14.8. The van der Waals surface area contributed by atoms with Crippen LogP contribution in [0.3, 0.4) is 0 Å². The zero-order chi connectivity index (χ0) is 25.1. The fourth-order valence-corrected chi connectivity index (χ4v) is 2.86. The first kappa shape index (κ1) is 24.6. The summed E-state index contributed by atoms with van der Waals surface area (Å²) in [6.07, 6.45) is -22.7. The standard InChI is InChI=1S/C19H8F12O2/c20-16(21,22)9-1-7(2-10(5-9)17(23,24)25)13(32)15-14(33-15)8-3-11(18(26,27)28)6-12(4-8)19(29,30)31/h1-6,14,32H/b15-13-. The highest BCUT2D eigenvalue weighted by Gasteiger charge is 2.44. The van der Waals surface area contributed by atoms with E-state index in [2.05, 4.69) is 0 Å². The second-order valence-electron chi connectivity index (χ2n) is 6.84. The molecule has 1 fully saturated rings. The van der Waals surface area contributed by atoms with Gasteiger partial charge in [-0.1, -0.05) is 0 Å². The molecular formula is C19H8F12O2. The second kappa shape index (κ2) is 7.48. The van der Waals surface area contributed by atoms with Gasteiger partial charge in [-0.3, -0.25) is 0 Å². The molecule has 14 heteroatoms. The van der Waals surface area contributed by atoms with Crippen molar-refractivity contribution in [1.82, 2.24) is 0 Å². The molecule has 0 amide bonds. The van der Waals surface area contributed by atoms with Gasteiger partial charge in [0.15, 0.2) is 17.6 Å². The number of alkyl halides is 12. The lowest BCUT2D eigenvalue weighted by Gasteiger charge is -2.13. The summed E-state index contributed by atoms with van der Waals surface area (Å²) in [4.78, 5) is 0. The third-order valence-electron chi connectivity index (χ3n) is 4.43. The molecule has 1 aliphatic heterocycles. The highest BCUT2D eigenvalue weighted by Crippen LogP contribution is 2.49. The maximum absolute atomic E-state index is 13.0. The number of aliphatic hydroxyl groups is 1. The van der Waals surface area contributed by atoms with Crippen molar-refractivity contribution in [2.45, 2.75) is 30.8 Å². The van der Waals surface area contributed by atoms with Crippen LogP contribution in [0.4, 0.5) is 52.7 Å². The van der Waals surface area contributed by atoms with Gasteiger partial charge in [0.25, 0.3) is 0 Å². The molecule has 1 N–H and O–H groups in total. The summed E-state index contributed by atoms with van der Waals surface area (Å²) in [6.45, 7) is 0. The Labute approximate surface area is 175 Å². The number of hydrogen-bond donors (Lipinski definition) is 1. The summed E-state index contributed by atoms with van der Waals surface area (Å²) < 4.78 is 160. The van der Waals surface area contributed by atoms with Crippen molar-refractivity contribution >= 4 is 5.76 Å². The summed E-state index contributed by atoms with van der Waals surface area (Å²) in [6, 6.07) is 0.362. The molecule has 0 saturated carbocycles. The Hall–Kier alpha value is -3.06. The molecule has 1 aliphatic rings. The largest absolute Gasteiger partial charge is 0.504 e. The second-order valence-corrected chi connectivity index (χ2v) is 6.84. The molecule has 0 aliphatic carbocycles. The Morgan fingerprint density at radius 1 is 0.576 bits per heavy atom. The number of rotatable bonds is 2. The van der Waals surface area contributed by atoms with Gasteiger partial charge in [0.1, 0.15) is 0 Å². The Bertz CT molecular complexity index is 1040. The van der Waals surface area contributed by atoms with Crippen LogP contribution in [0.5, 0.6) is 0 Å². The van der Waals surface area contributed by atoms with Crippen LogP contribution >= 0.6 is 0 Å². The van der Waals surface area contributed by atoms with E-state index in [0.717, 1.165) is 0 Å². The topological polar surface area (TPSA) is 32.8 Å². The molecular weight excluding hydrogens is 488 g/mol. The third-order valence-corrected chi connectivity index (χ3v) is 4.43. The van der Waals surface area contributed by atoms with E-state index in [9.17, 15) is 57.8 Å². The van der Waals surface area contributed by atoms with E-state index in [1.54, 1.807) is 0 Å². The quantitative estimate of drug-likeness (QED) is 0.262. The van der Waals surface area contributed by atoms with Crippen molar-refractivity contribution in [3.05, 3.63) is 75.5 Å². The van der Waals surface area contributed by atoms with Gasteiger partial charge in [0.2, 0.25) is 0 Å². The van der Waals surface area contributed by atoms with Crippen molar-refractivity contribution < 1.29 is 62.5 Å². The van der Waals surface area contributed by atoms with Crippen LogP contribution in [0.15, 0.2) is 42.2 Å². The summed E-state index contributed by atoms with van der Waals surface area (Å²) in [5.41, 5.74) is -8.84. The predicted molar refractivity (Wildman–Crippen MR) is 86.3 cm³/mol. The van der Waals surface area contributed by atoms with E-state index in [1.807, 2.05) is 0 Å². The SMILES string of the molecule is O/C(=C1\OC1c1cc(C(F)(F)F)cc(C(F)(F)F)c1)c1cc(C(F)(F)F)cc(C(F)(F)F)c1. The molecule has 33 heavy (non-hydrogen) atoms. The molecule has 0 aromatic heterocycles. The molecule has 1 heterocycles. The highest BCUT2D eigenvalue weighted by molar-refractivity contribution is 5.66. The summed E-state index contributed by atoms with van der Waals surface area (Å²) in [7, 11) is 0. The first-order valence-electron chi connectivity index (χ1n) is 8.47. The molecule has 2 aromatic carbocycles. The van der Waals surface area contributed by atoms with Crippen LogP contribution in [0, 0.1) is 0 Å². The first-order valence-corrected chi connectivity index (χ1v) is 8.47. The van der Waals surface area contributed by atoms with Crippen molar-refractivity contribution in [2.24, 2.45) is 0 Å². The zero-order valence-electron chi connectivity index (χ0n) is 15.4. The molecule has 0 radical (unpaired) electrons. The predicted octanol–water partition coefficient (Wildman–Crippen LogP) is 7.76. The van der Waals surface area contributed by atoms with Gasteiger partial charge in [-0.05, 0) is 36.4 Å². The number of hydrogen-bond acceptors (Lipinski definition) is 2. The molecule has 2 aromatic rings. The smallest absolute Gasteiger partial charge is 0.416 e. The number of ether oxygens (including phenoxy) is 1. The Balaban J connectivity index is 2.09. The molecule has 1 atom stereocenters. The van der Waals surface area contributed by atoms with E-state index in [0.29, 0.717) is 0 Å². The molecule has 0 spiro atoms. The van der Waals surface area contributed by atoms with E-state index < -0.39 is 75.7 Å². The number of epoxide rings is 1. The lowest BCUT2D eigenvalue weighted by atomic mass is 10.00. The minimum absolute atomic E-state index is 0.129. The highest BCUT2D eigenvalue weighted by atomic mass is 19.4. The summed E-state index contributed by atoms with van der Waals surface area (Å²) >= 11 is 0. The average molecular weight is 496 g/mol. The van der Waals surface area contributed by atoms with Gasteiger partial charge < -0.3 is 9.84 Å². The fourth-order valence-electron chi connectivity index (χ4n) is 2.86. The number of aliphatic hydroxyl groups excluding tert-OH is 1. The van der Waals surface area contributed by atoms with E-state index in [1.165, 1.54) is 0 Å². The molecule has 2 nitrogen and oxygen atoms in total. The van der Waals surface area contributed by atoms with E-state index in [4.69, 9.17) is 4.74 Å². The molecule has 1 saturated heterocycles. The van der Waals surface area contributed by atoms with Crippen LogP contribution in [0.1, 0.15) is 39.5 Å². The Kier molecular flexibility index (Phi) is 5.57. The van der Waals surface area contributed by atoms with Gasteiger partial charge in [0.05, 0.1) is 22.3 Å². The monoisotopic (exact) mass is 496 g/mol. The van der Waals surface area contributed by atoms with Gasteiger partial charge in [-0.25, -0.2) is 0 Å². The minimum Gasteiger partial charge on any atom is -0.504 e. The fraction of sp³-hybridized carbons (Fsp3) is 0.263. The minimum atomic E-state index is -5.26. The van der Waals surface area contributed by atoms with Crippen LogP contribution in [-0.2, 0) is 29.4 Å². The molecule has 180 valence electrons. The van der Waals surface area contributed by atoms with Crippen molar-refractivity contribution in [1.29, 1.82) is 0 Å². The Morgan fingerprint density at radius 3 is 1.24 bits per heavy atom. The zero-order valence-corrected chi connectivity index (χ0v) is 15.4. The maximum Gasteiger partial charge on any atom is 0.416 e. The van der Waals surface area contributed by atoms with Crippen LogP contribution in [0.25, 0.3) is 5.76 Å². The summed E-state index contributed by atoms with van der Waals surface area (Å²) in [5.74, 6) is -2.10. The average Bonchev–Trinajstić information content (AvgIpc) is 3.44. The number of benzene rings is 2. The van der Waals surface area contributed by atoms with Crippen molar-refractivity contribution in [3.8, 4) is 0 Å². The normalized spacial score (nSPS) is 18.7. The van der Waals surface area contributed by atoms with Crippen molar-refractivity contribution in [3.63, 3.8) is 0 Å².